The van der Waals surface area contributed by atoms with Crippen molar-refractivity contribution in [2.24, 2.45) is 10.4 Å². The van der Waals surface area contributed by atoms with Crippen LogP contribution in [0, 0.1) is 5.41 Å². The van der Waals surface area contributed by atoms with Crippen molar-refractivity contribution in [1.29, 1.82) is 0 Å². The van der Waals surface area contributed by atoms with Crippen molar-refractivity contribution in [3.05, 3.63) is 59.5 Å². The third-order valence-electron chi connectivity index (χ3n) is 4.32. The number of hydrogen-bond acceptors (Lipinski definition) is 3. The Morgan fingerprint density at radius 2 is 2.00 bits per heavy atom. The summed E-state index contributed by atoms with van der Waals surface area (Å²) < 4.78 is 11.7. The first kappa shape index (κ1) is 12.5. The number of hydrogen-bond donors (Lipinski definition) is 0. The molecule has 106 valence electrons. The Labute approximate surface area is 124 Å². The van der Waals surface area contributed by atoms with Crippen LogP contribution in [0.3, 0.4) is 0 Å². The van der Waals surface area contributed by atoms with Crippen LogP contribution in [0.15, 0.2) is 53.4 Å². The van der Waals surface area contributed by atoms with E-state index in [1.807, 2.05) is 24.5 Å². The van der Waals surface area contributed by atoms with Gasteiger partial charge in [-0.15, -0.1) is 0 Å². The monoisotopic (exact) mass is 279 g/mol. The summed E-state index contributed by atoms with van der Waals surface area (Å²) in [5, 5.41) is 0. The van der Waals surface area contributed by atoms with Crippen LogP contribution in [0.25, 0.3) is 0 Å². The molecule has 0 aromatic heterocycles. The summed E-state index contributed by atoms with van der Waals surface area (Å²) in [5.41, 5.74) is 1.82. The predicted octanol–water partition coefficient (Wildman–Crippen LogP) is 3.75. The second-order valence-corrected chi connectivity index (χ2v) is 6.29. The zero-order chi connectivity index (χ0) is 14.7. The summed E-state index contributed by atoms with van der Waals surface area (Å²) in [6.45, 7) is 4.34. The van der Waals surface area contributed by atoms with Crippen LogP contribution in [0.2, 0.25) is 0 Å². The first-order chi connectivity index (χ1) is 10.1. The van der Waals surface area contributed by atoms with Crippen LogP contribution in [0.4, 0.5) is 0 Å². The lowest BCUT2D eigenvalue weighted by Crippen LogP contribution is -2.27. The first-order valence-corrected chi connectivity index (χ1v) is 7.10. The number of rotatable bonds is 1. The maximum atomic E-state index is 6.21. The van der Waals surface area contributed by atoms with Crippen molar-refractivity contribution in [3.63, 3.8) is 0 Å². The van der Waals surface area contributed by atoms with E-state index in [-0.39, 0.29) is 10.8 Å². The molecular formula is C18H17NO2. The molecule has 4 rings (SSSR count). The molecule has 1 aromatic carbocycles. The van der Waals surface area contributed by atoms with E-state index in [1.54, 1.807) is 7.11 Å². The average Bonchev–Trinajstić information content (AvgIpc) is 2.65. The zero-order valence-electron chi connectivity index (χ0n) is 12.4. The molecule has 0 amide bonds. The molecule has 0 fully saturated rings. The number of ether oxygens (including phenoxy) is 2. The minimum absolute atomic E-state index is 0.0168. The molecule has 0 radical (unpaired) electrons. The molecule has 21 heavy (non-hydrogen) atoms. The molecule has 0 N–H and O–H groups in total. The van der Waals surface area contributed by atoms with Crippen molar-refractivity contribution < 1.29 is 9.47 Å². The van der Waals surface area contributed by atoms with Crippen molar-refractivity contribution in [2.45, 2.75) is 19.3 Å². The summed E-state index contributed by atoms with van der Waals surface area (Å²) in [6, 6.07) is 3.97. The normalized spacial score (nSPS) is 26.5. The molecule has 0 saturated carbocycles. The van der Waals surface area contributed by atoms with Crippen molar-refractivity contribution in [2.75, 3.05) is 7.11 Å². The van der Waals surface area contributed by atoms with Gasteiger partial charge in [-0.1, -0.05) is 26.0 Å². The van der Waals surface area contributed by atoms with E-state index in [0.717, 1.165) is 28.4 Å². The highest BCUT2D eigenvalue weighted by atomic mass is 16.5. The molecule has 2 aliphatic heterocycles. The largest absolute Gasteiger partial charge is 0.493 e. The van der Waals surface area contributed by atoms with Crippen LogP contribution < -0.4 is 9.47 Å². The summed E-state index contributed by atoms with van der Waals surface area (Å²) in [6.07, 6.45) is 12.5. The van der Waals surface area contributed by atoms with Crippen LogP contribution in [0.1, 0.15) is 25.0 Å². The highest BCUT2D eigenvalue weighted by Gasteiger charge is 2.47. The number of benzene rings is 1. The van der Waals surface area contributed by atoms with Crippen LogP contribution in [-0.2, 0) is 5.41 Å². The van der Waals surface area contributed by atoms with Crippen molar-refractivity contribution in [3.8, 4) is 11.5 Å². The Hall–Kier alpha value is -2.29. The minimum atomic E-state index is -0.356. The molecule has 1 aliphatic carbocycles. The lowest BCUT2D eigenvalue weighted by Gasteiger charge is -2.30. The number of allylic oxidation sites excluding steroid dienone is 3. The Morgan fingerprint density at radius 1 is 1.14 bits per heavy atom. The number of aliphatic imine (C=N–C) groups is 1. The lowest BCUT2D eigenvalue weighted by atomic mass is 9.71. The van der Waals surface area contributed by atoms with Gasteiger partial charge in [0.05, 0.1) is 12.5 Å². The highest BCUT2D eigenvalue weighted by molar-refractivity contribution is 5.88. The van der Waals surface area contributed by atoms with E-state index in [9.17, 15) is 0 Å². The maximum absolute atomic E-state index is 6.21. The number of methoxy groups -OCH3 is 1. The molecule has 1 unspecified atom stereocenters. The number of nitrogens with zero attached hydrogens (tertiary/aromatic N) is 1. The van der Waals surface area contributed by atoms with Gasteiger partial charge in [-0.25, -0.2) is 0 Å². The maximum Gasteiger partial charge on any atom is 0.174 e. The van der Waals surface area contributed by atoms with Gasteiger partial charge in [0.15, 0.2) is 11.5 Å². The van der Waals surface area contributed by atoms with E-state index in [1.165, 1.54) is 0 Å². The highest BCUT2D eigenvalue weighted by Crippen LogP contribution is 2.56. The molecule has 3 heteroatoms. The molecule has 1 atom stereocenters. The average molecular weight is 279 g/mol. The fraction of sp³-hybridized carbons (Fsp3) is 0.278. The second-order valence-electron chi connectivity index (χ2n) is 6.29. The summed E-state index contributed by atoms with van der Waals surface area (Å²) in [4.78, 5) is 4.35. The quantitative estimate of drug-likeness (QED) is 0.733. The molecule has 1 spiro atoms. The van der Waals surface area contributed by atoms with Gasteiger partial charge in [0, 0.05) is 29.0 Å². The van der Waals surface area contributed by atoms with Gasteiger partial charge in [0.2, 0.25) is 0 Å². The smallest absolute Gasteiger partial charge is 0.174 e. The second kappa shape index (κ2) is 3.88. The third kappa shape index (κ3) is 1.57. The standard InChI is InChI=1S/C18H17NO2/c1-17(2)6-7-18-8-9-19-11-12-4-5-13(20-3)16(15(12)18)21-14(18)10-17/h4-11H,1-3H3. The van der Waals surface area contributed by atoms with Gasteiger partial charge in [-0.05, 0) is 24.3 Å². The van der Waals surface area contributed by atoms with E-state index < -0.39 is 0 Å². The first-order valence-electron chi connectivity index (χ1n) is 7.10. The molecular weight excluding hydrogens is 262 g/mol. The minimum Gasteiger partial charge on any atom is -0.493 e. The molecule has 1 aromatic rings. The van der Waals surface area contributed by atoms with Gasteiger partial charge in [0.1, 0.15) is 5.76 Å². The topological polar surface area (TPSA) is 30.8 Å². The zero-order valence-corrected chi connectivity index (χ0v) is 12.4. The Kier molecular flexibility index (Phi) is 2.30. The van der Waals surface area contributed by atoms with Gasteiger partial charge >= 0.3 is 0 Å². The molecule has 3 aliphatic rings. The van der Waals surface area contributed by atoms with E-state index >= 15 is 0 Å². The van der Waals surface area contributed by atoms with Crippen LogP contribution >= 0.6 is 0 Å². The predicted molar refractivity (Wildman–Crippen MR) is 83.0 cm³/mol. The van der Waals surface area contributed by atoms with Crippen molar-refractivity contribution >= 4 is 6.21 Å². The van der Waals surface area contributed by atoms with E-state index in [2.05, 4.69) is 43.1 Å². The van der Waals surface area contributed by atoms with E-state index in [4.69, 9.17) is 9.47 Å². The van der Waals surface area contributed by atoms with Crippen LogP contribution in [-0.4, -0.2) is 13.3 Å². The molecule has 2 heterocycles. The SMILES string of the molecule is COc1ccc2c3c1OC1=CC(C)(C)C=CC13C=CN=C2. The van der Waals surface area contributed by atoms with Gasteiger partial charge in [0.25, 0.3) is 0 Å². The Morgan fingerprint density at radius 3 is 2.81 bits per heavy atom. The van der Waals surface area contributed by atoms with Gasteiger partial charge in [-0.3, -0.25) is 4.99 Å². The third-order valence-corrected chi connectivity index (χ3v) is 4.32. The Bertz CT molecular complexity index is 753. The summed E-state index contributed by atoms with van der Waals surface area (Å²) in [5.74, 6) is 2.51. The Balaban J connectivity index is 2.06. The fourth-order valence-electron chi connectivity index (χ4n) is 3.24. The lowest BCUT2D eigenvalue weighted by molar-refractivity contribution is 0.356. The van der Waals surface area contributed by atoms with Crippen LogP contribution in [0.5, 0.6) is 11.5 Å². The molecule has 0 bridgehead atoms. The van der Waals surface area contributed by atoms with E-state index in [0.29, 0.717) is 0 Å². The summed E-state index contributed by atoms with van der Waals surface area (Å²) in [7, 11) is 1.67. The summed E-state index contributed by atoms with van der Waals surface area (Å²) >= 11 is 0. The molecule has 3 nitrogen and oxygen atoms in total. The van der Waals surface area contributed by atoms with Gasteiger partial charge < -0.3 is 9.47 Å². The molecule has 0 saturated heterocycles. The van der Waals surface area contributed by atoms with Crippen molar-refractivity contribution in [1.82, 2.24) is 0 Å². The fourth-order valence-corrected chi connectivity index (χ4v) is 3.24. The van der Waals surface area contributed by atoms with Gasteiger partial charge in [-0.2, -0.15) is 0 Å².